The number of aryl methyl sites for hydroxylation is 2. The zero-order valence-corrected chi connectivity index (χ0v) is 21.0. The molecule has 1 fully saturated rings. The number of nitrogens with zero attached hydrogens (tertiary/aromatic N) is 3. The summed E-state index contributed by atoms with van der Waals surface area (Å²) in [5.74, 6) is 2.49. The molecule has 0 spiro atoms. The van der Waals surface area contributed by atoms with Gasteiger partial charge in [0, 0.05) is 43.4 Å². The summed E-state index contributed by atoms with van der Waals surface area (Å²) in [7, 11) is 1.71. The van der Waals surface area contributed by atoms with Crippen LogP contribution in [0.2, 0.25) is 0 Å². The van der Waals surface area contributed by atoms with Crippen LogP contribution in [-0.4, -0.2) is 49.1 Å². The van der Waals surface area contributed by atoms with Gasteiger partial charge in [-0.1, -0.05) is 19.1 Å². The van der Waals surface area contributed by atoms with Gasteiger partial charge in [0.25, 0.3) is 0 Å². The third kappa shape index (κ3) is 6.31. The van der Waals surface area contributed by atoms with Gasteiger partial charge in [0.1, 0.15) is 5.75 Å². The number of halogens is 1. The van der Waals surface area contributed by atoms with Crippen molar-refractivity contribution in [3.8, 4) is 5.75 Å². The maximum absolute atomic E-state index is 5.28. The predicted molar refractivity (Wildman–Crippen MR) is 133 cm³/mol. The van der Waals surface area contributed by atoms with Crippen molar-refractivity contribution in [2.24, 2.45) is 4.99 Å². The Balaban J connectivity index is 0.00000300. The minimum Gasteiger partial charge on any atom is -0.497 e. The summed E-state index contributed by atoms with van der Waals surface area (Å²) in [6, 6.07) is 8.48. The van der Waals surface area contributed by atoms with Crippen molar-refractivity contribution in [3.63, 3.8) is 0 Å². The van der Waals surface area contributed by atoms with Gasteiger partial charge >= 0.3 is 0 Å². The van der Waals surface area contributed by atoms with E-state index in [4.69, 9.17) is 14.7 Å². The van der Waals surface area contributed by atoms with Gasteiger partial charge in [0.05, 0.1) is 17.8 Å². The molecule has 1 aromatic carbocycles. The molecule has 160 valence electrons. The minimum atomic E-state index is 0. The van der Waals surface area contributed by atoms with Gasteiger partial charge in [-0.2, -0.15) is 0 Å². The molecule has 5 nitrogen and oxygen atoms in total. The summed E-state index contributed by atoms with van der Waals surface area (Å²) in [4.78, 5) is 13.4. The van der Waals surface area contributed by atoms with Crippen LogP contribution in [0, 0.1) is 6.92 Å². The van der Waals surface area contributed by atoms with Crippen LogP contribution in [0.25, 0.3) is 0 Å². The van der Waals surface area contributed by atoms with Crippen LogP contribution in [0.3, 0.4) is 0 Å². The van der Waals surface area contributed by atoms with E-state index in [1.165, 1.54) is 21.1 Å². The molecule has 1 unspecified atom stereocenters. The fourth-order valence-electron chi connectivity index (χ4n) is 3.71. The summed E-state index contributed by atoms with van der Waals surface area (Å²) in [6.07, 6.45) is 3.08. The van der Waals surface area contributed by atoms with Gasteiger partial charge in [-0.25, -0.2) is 4.98 Å². The lowest BCUT2D eigenvalue weighted by atomic mass is 9.98. The molecule has 1 atom stereocenters. The lowest BCUT2D eigenvalue weighted by Crippen LogP contribution is -2.40. The summed E-state index contributed by atoms with van der Waals surface area (Å²) < 4.78 is 5.28. The first-order valence-electron chi connectivity index (χ1n) is 10.3. The molecule has 0 amide bonds. The predicted octanol–water partition coefficient (Wildman–Crippen LogP) is 4.64. The van der Waals surface area contributed by atoms with E-state index in [-0.39, 0.29) is 24.0 Å². The van der Waals surface area contributed by atoms with Crippen molar-refractivity contribution < 1.29 is 4.74 Å². The van der Waals surface area contributed by atoms with Crippen molar-refractivity contribution >= 4 is 41.3 Å². The van der Waals surface area contributed by atoms with Crippen LogP contribution in [0.15, 0.2) is 29.3 Å². The fraction of sp³-hybridized carbons (Fsp3) is 0.545. The number of ether oxygens (including phenoxy) is 1. The molecule has 0 bridgehead atoms. The third-order valence-corrected chi connectivity index (χ3v) is 6.34. The molecule has 1 N–H and O–H groups in total. The van der Waals surface area contributed by atoms with Gasteiger partial charge in [-0.05, 0) is 44.4 Å². The number of hydrogen-bond donors (Lipinski definition) is 1. The number of thiazole rings is 1. The van der Waals surface area contributed by atoms with E-state index in [0.29, 0.717) is 5.92 Å². The first-order valence-corrected chi connectivity index (χ1v) is 11.1. The number of benzene rings is 1. The molecule has 0 saturated carbocycles. The number of hydrogen-bond acceptors (Lipinski definition) is 4. The van der Waals surface area contributed by atoms with Gasteiger partial charge in [0.15, 0.2) is 5.96 Å². The molecule has 0 aliphatic carbocycles. The number of aliphatic imine (C=N–C) groups is 1. The van der Waals surface area contributed by atoms with E-state index in [0.717, 1.165) is 57.2 Å². The van der Waals surface area contributed by atoms with Gasteiger partial charge in [-0.3, -0.25) is 4.99 Å². The summed E-state index contributed by atoms with van der Waals surface area (Å²) in [5.41, 5.74) is 2.61. The van der Waals surface area contributed by atoms with Crippen LogP contribution >= 0.6 is 35.3 Å². The average Bonchev–Trinajstić information content (AvgIpc) is 3.34. The standard InChI is InChI=1S/C22H32N4OS.HI/c1-5-20-16(3)28-21(25-20)11-13-24-22(23-6-2)26-14-12-18(15-26)17-7-9-19(27-4)10-8-17;/h7-10,18H,5-6,11-15H2,1-4H3,(H,23,24);1H. The Morgan fingerprint density at radius 1 is 1.31 bits per heavy atom. The van der Waals surface area contributed by atoms with Crippen LogP contribution in [0.1, 0.15) is 47.3 Å². The van der Waals surface area contributed by atoms with Crippen molar-refractivity contribution in [2.75, 3.05) is 33.3 Å². The van der Waals surface area contributed by atoms with E-state index in [1.807, 2.05) is 11.3 Å². The molecule has 29 heavy (non-hydrogen) atoms. The molecule has 1 saturated heterocycles. The largest absolute Gasteiger partial charge is 0.497 e. The molecule has 3 rings (SSSR count). The van der Waals surface area contributed by atoms with E-state index < -0.39 is 0 Å². The van der Waals surface area contributed by atoms with Crippen molar-refractivity contribution in [2.45, 2.75) is 46.0 Å². The zero-order valence-electron chi connectivity index (χ0n) is 17.9. The van der Waals surface area contributed by atoms with Crippen LogP contribution in [0.5, 0.6) is 5.75 Å². The summed E-state index contributed by atoms with van der Waals surface area (Å²) in [6.45, 7) is 10.2. The molecule has 1 aliphatic rings. The van der Waals surface area contributed by atoms with Gasteiger partial charge < -0.3 is 15.0 Å². The Morgan fingerprint density at radius 2 is 2.07 bits per heavy atom. The Morgan fingerprint density at radius 3 is 2.69 bits per heavy atom. The molecule has 0 radical (unpaired) electrons. The van der Waals surface area contributed by atoms with Gasteiger partial charge in [-0.15, -0.1) is 35.3 Å². The second-order valence-electron chi connectivity index (χ2n) is 7.15. The molecule has 2 aromatic rings. The second kappa shape index (κ2) is 11.7. The number of likely N-dealkylation sites (tertiary alicyclic amines) is 1. The SMILES string of the molecule is CCNC(=NCCc1nc(CC)c(C)s1)N1CCC(c2ccc(OC)cc2)C1.I. The summed E-state index contributed by atoms with van der Waals surface area (Å²) >= 11 is 1.81. The lowest BCUT2D eigenvalue weighted by Gasteiger charge is -2.21. The highest BCUT2D eigenvalue weighted by atomic mass is 127. The summed E-state index contributed by atoms with van der Waals surface area (Å²) in [5, 5.41) is 4.67. The zero-order chi connectivity index (χ0) is 19.9. The number of methoxy groups -OCH3 is 1. The maximum Gasteiger partial charge on any atom is 0.193 e. The van der Waals surface area contributed by atoms with Crippen LogP contribution in [-0.2, 0) is 12.8 Å². The Hall–Kier alpha value is -1.35. The van der Waals surface area contributed by atoms with E-state index >= 15 is 0 Å². The lowest BCUT2D eigenvalue weighted by molar-refractivity contribution is 0.414. The molecule has 1 aliphatic heterocycles. The van der Waals surface area contributed by atoms with Crippen LogP contribution < -0.4 is 10.1 Å². The number of aromatic nitrogens is 1. The molecular formula is C22H33IN4OS. The van der Waals surface area contributed by atoms with Crippen molar-refractivity contribution in [1.82, 2.24) is 15.2 Å². The fourth-order valence-corrected chi connectivity index (χ4v) is 4.72. The normalized spacial score (nSPS) is 16.6. The minimum absolute atomic E-state index is 0. The number of guanidine groups is 1. The molecule has 7 heteroatoms. The third-order valence-electron chi connectivity index (χ3n) is 5.27. The Labute approximate surface area is 196 Å². The van der Waals surface area contributed by atoms with Gasteiger partial charge in [0.2, 0.25) is 0 Å². The van der Waals surface area contributed by atoms with Crippen molar-refractivity contribution in [3.05, 3.63) is 45.4 Å². The molecule has 2 heterocycles. The van der Waals surface area contributed by atoms with Crippen LogP contribution in [0.4, 0.5) is 0 Å². The second-order valence-corrected chi connectivity index (χ2v) is 8.44. The molecular weight excluding hydrogens is 495 g/mol. The highest BCUT2D eigenvalue weighted by Crippen LogP contribution is 2.28. The van der Waals surface area contributed by atoms with Crippen molar-refractivity contribution in [1.29, 1.82) is 0 Å². The highest BCUT2D eigenvalue weighted by Gasteiger charge is 2.26. The Bertz CT molecular complexity index is 791. The first-order chi connectivity index (χ1) is 13.6. The van der Waals surface area contributed by atoms with E-state index in [2.05, 4.69) is 55.3 Å². The molecule has 1 aromatic heterocycles. The topological polar surface area (TPSA) is 49.8 Å². The smallest absolute Gasteiger partial charge is 0.193 e. The number of nitrogens with one attached hydrogen (secondary N) is 1. The van der Waals surface area contributed by atoms with E-state index in [9.17, 15) is 0 Å². The highest BCUT2D eigenvalue weighted by molar-refractivity contribution is 14.0. The number of rotatable bonds is 7. The Kier molecular flexibility index (Phi) is 9.68. The first kappa shape index (κ1) is 23.9. The van der Waals surface area contributed by atoms with E-state index in [1.54, 1.807) is 7.11 Å². The maximum atomic E-state index is 5.28. The average molecular weight is 529 g/mol. The quantitative estimate of drug-likeness (QED) is 0.323. The monoisotopic (exact) mass is 528 g/mol.